The summed E-state index contributed by atoms with van der Waals surface area (Å²) in [6, 6.07) is 4.20. The number of halogens is 1. The van der Waals surface area contributed by atoms with Gasteiger partial charge in [0.2, 0.25) is 0 Å². The second-order valence-electron chi connectivity index (χ2n) is 4.57. The molecule has 0 aliphatic rings. The second kappa shape index (κ2) is 4.84. The lowest BCUT2D eigenvalue weighted by Crippen LogP contribution is -2.15. The topological polar surface area (TPSA) is 45.8 Å². The zero-order valence-electron chi connectivity index (χ0n) is 10.9. The first-order valence-corrected chi connectivity index (χ1v) is 6.82. The van der Waals surface area contributed by atoms with Crippen molar-refractivity contribution in [3.8, 4) is 11.4 Å². The summed E-state index contributed by atoms with van der Waals surface area (Å²) in [5.74, 6) is 0.651. The maximum atomic E-state index is 11.8. The van der Waals surface area contributed by atoms with E-state index < -0.39 is 0 Å². The van der Waals surface area contributed by atoms with Gasteiger partial charge in [0.25, 0.3) is 5.56 Å². The minimum Gasteiger partial charge on any atom is -0.306 e. The smallest absolute Gasteiger partial charge is 0.264 e. The molecule has 1 aromatic carbocycles. The van der Waals surface area contributed by atoms with Gasteiger partial charge in [-0.1, -0.05) is 6.07 Å². The van der Waals surface area contributed by atoms with Crippen molar-refractivity contribution < 1.29 is 0 Å². The summed E-state index contributed by atoms with van der Waals surface area (Å²) < 4.78 is 0.651. The van der Waals surface area contributed by atoms with Crippen molar-refractivity contribution in [2.75, 3.05) is 0 Å². The molecule has 0 saturated carbocycles. The number of aromatic nitrogens is 2. The molecule has 0 amide bonds. The Hall–Kier alpha value is -1.17. The largest absolute Gasteiger partial charge is 0.306 e. The monoisotopic (exact) mass is 354 g/mol. The maximum absolute atomic E-state index is 11.8. The zero-order chi connectivity index (χ0) is 13.4. The summed E-state index contributed by atoms with van der Waals surface area (Å²) in [4.78, 5) is 19.1. The molecule has 2 rings (SSSR count). The molecule has 1 N–H and O–H groups in total. The molecule has 2 aromatic rings. The fraction of sp³-hybridized carbons (Fsp3) is 0.286. The Labute approximate surface area is 120 Å². The van der Waals surface area contributed by atoms with Crippen LogP contribution in [-0.4, -0.2) is 9.97 Å². The van der Waals surface area contributed by atoms with Crippen molar-refractivity contribution in [2.24, 2.45) is 0 Å². The minimum atomic E-state index is -0.0734. The van der Waals surface area contributed by atoms with Gasteiger partial charge in [-0.25, -0.2) is 4.98 Å². The summed E-state index contributed by atoms with van der Waals surface area (Å²) in [6.45, 7) is 8.05. The molecule has 0 atom stereocenters. The van der Waals surface area contributed by atoms with Gasteiger partial charge in [0.1, 0.15) is 5.82 Å². The van der Waals surface area contributed by atoms with Gasteiger partial charge in [-0.2, -0.15) is 0 Å². The third kappa shape index (κ3) is 2.34. The fourth-order valence-electron chi connectivity index (χ4n) is 1.91. The van der Waals surface area contributed by atoms with E-state index in [9.17, 15) is 4.79 Å². The molecule has 0 spiro atoms. The molecule has 0 fully saturated rings. The van der Waals surface area contributed by atoms with E-state index in [4.69, 9.17) is 0 Å². The molecular formula is C14H15IN2O. The molecule has 0 bridgehead atoms. The number of rotatable bonds is 1. The molecule has 1 heterocycles. The molecule has 0 aliphatic heterocycles. The molecule has 0 radical (unpaired) electrons. The van der Waals surface area contributed by atoms with E-state index in [2.05, 4.69) is 35.9 Å². The quantitative estimate of drug-likeness (QED) is 0.799. The van der Waals surface area contributed by atoms with E-state index in [0.717, 1.165) is 16.8 Å². The predicted molar refractivity (Wildman–Crippen MR) is 82.0 cm³/mol. The van der Waals surface area contributed by atoms with Crippen molar-refractivity contribution in [1.29, 1.82) is 0 Å². The summed E-state index contributed by atoms with van der Waals surface area (Å²) in [7, 11) is 0. The van der Waals surface area contributed by atoms with Crippen molar-refractivity contribution >= 4 is 22.6 Å². The highest BCUT2D eigenvalue weighted by Crippen LogP contribution is 2.23. The fourth-order valence-corrected chi connectivity index (χ4v) is 2.17. The summed E-state index contributed by atoms with van der Waals surface area (Å²) in [5.41, 5.74) is 5.27. The number of nitrogens with zero attached hydrogens (tertiary/aromatic N) is 1. The van der Waals surface area contributed by atoms with Crippen LogP contribution in [0.25, 0.3) is 11.4 Å². The first kappa shape index (κ1) is 13.3. The maximum Gasteiger partial charge on any atom is 0.264 e. The molecule has 3 nitrogen and oxygen atoms in total. The van der Waals surface area contributed by atoms with Crippen LogP contribution in [0, 0.1) is 31.3 Å². The van der Waals surface area contributed by atoms with Crippen LogP contribution in [0.15, 0.2) is 16.9 Å². The Morgan fingerprint density at radius 2 is 1.67 bits per heavy atom. The number of H-pyrrole nitrogens is 1. The Balaban J connectivity index is 2.70. The van der Waals surface area contributed by atoms with Gasteiger partial charge in [0.05, 0.1) is 9.26 Å². The van der Waals surface area contributed by atoms with Gasteiger partial charge in [-0.15, -0.1) is 0 Å². The summed E-state index contributed by atoms with van der Waals surface area (Å²) in [6.07, 6.45) is 0. The van der Waals surface area contributed by atoms with Crippen LogP contribution in [0.4, 0.5) is 0 Å². The summed E-state index contributed by atoms with van der Waals surface area (Å²) >= 11 is 2.02. The van der Waals surface area contributed by atoms with Crippen LogP contribution in [-0.2, 0) is 0 Å². The van der Waals surface area contributed by atoms with Gasteiger partial charge >= 0.3 is 0 Å². The van der Waals surface area contributed by atoms with Gasteiger partial charge < -0.3 is 4.98 Å². The minimum absolute atomic E-state index is 0.0734. The Bertz CT molecular complexity index is 674. The van der Waals surface area contributed by atoms with Crippen LogP contribution < -0.4 is 5.56 Å². The molecule has 0 saturated heterocycles. The normalized spacial score (nSPS) is 10.7. The lowest BCUT2D eigenvalue weighted by atomic mass is 10.0. The van der Waals surface area contributed by atoms with E-state index in [1.54, 1.807) is 0 Å². The Kier molecular flexibility index (Phi) is 3.56. The first-order valence-electron chi connectivity index (χ1n) is 5.75. The van der Waals surface area contributed by atoms with Gasteiger partial charge in [-0.3, -0.25) is 4.79 Å². The Morgan fingerprint density at radius 1 is 1.06 bits per heavy atom. The number of aryl methyl sites for hydroxylation is 4. The average molecular weight is 354 g/mol. The van der Waals surface area contributed by atoms with E-state index in [1.807, 2.05) is 36.4 Å². The van der Waals surface area contributed by atoms with E-state index in [-0.39, 0.29) is 5.56 Å². The van der Waals surface area contributed by atoms with E-state index >= 15 is 0 Å². The van der Waals surface area contributed by atoms with Gasteiger partial charge in [0.15, 0.2) is 0 Å². The molecule has 0 aliphatic carbocycles. The van der Waals surface area contributed by atoms with Crippen molar-refractivity contribution in [3.05, 3.63) is 48.4 Å². The third-order valence-corrected chi connectivity index (χ3v) is 4.39. The number of hydrogen-bond acceptors (Lipinski definition) is 2. The summed E-state index contributed by atoms with van der Waals surface area (Å²) in [5, 5.41) is 0. The predicted octanol–water partition coefficient (Wildman–Crippen LogP) is 3.28. The molecule has 94 valence electrons. The number of hydrogen-bond donors (Lipinski definition) is 1. The second-order valence-corrected chi connectivity index (χ2v) is 5.64. The standard InChI is InChI=1S/C14H15IN2O/c1-7-5-9(3)11(6-8(7)2)13-16-10(4)12(15)14(18)17-13/h5-6H,1-4H3,(H,16,17,18). The van der Waals surface area contributed by atoms with Crippen LogP contribution in [0.2, 0.25) is 0 Å². The van der Waals surface area contributed by atoms with Gasteiger partial charge in [-0.05, 0) is 73.0 Å². The number of aromatic amines is 1. The average Bonchev–Trinajstić information content (AvgIpc) is 2.30. The third-order valence-electron chi connectivity index (χ3n) is 3.12. The van der Waals surface area contributed by atoms with Crippen molar-refractivity contribution in [2.45, 2.75) is 27.7 Å². The van der Waals surface area contributed by atoms with Crippen LogP contribution >= 0.6 is 22.6 Å². The van der Waals surface area contributed by atoms with Crippen molar-refractivity contribution in [1.82, 2.24) is 9.97 Å². The van der Waals surface area contributed by atoms with E-state index in [1.165, 1.54) is 11.1 Å². The highest BCUT2D eigenvalue weighted by Gasteiger charge is 2.10. The lowest BCUT2D eigenvalue weighted by molar-refractivity contribution is 1.05. The zero-order valence-corrected chi connectivity index (χ0v) is 13.0. The highest BCUT2D eigenvalue weighted by atomic mass is 127. The molecule has 18 heavy (non-hydrogen) atoms. The Morgan fingerprint density at radius 3 is 2.28 bits per heavy atom. The van der Waals surface area contributed by atoms with Crippen LogP contribution in [0.1, 0.15) is 22.4 Å². The van der Waals surface area contributed by atoms with Gasteiger partial charge in [0, 0.05) is 5.56 Å². The van der Waals surface area contributed by atoms with Crippen LogP contribution in [0.5, 0.6) is 0 Å². The molecular weight excluding hydrogens is 339 g/mol. The number of nitrogens with one attached hydrogen (secondary N) is 1. The van der Waals surface area contributed by atoms with Crippen LogP contribution in [0.3, 0.4) is 0 Å². The van der Waals surface area contributed by atoms with E-state index in [0.29, 0.717) is 9.39 Å². The number of benzene rings is 1. The molecule has 1 aromatic heterocycles. The lowest BCUT2D eigenvalue weighted by Gasteiger charge is -2.10. The molecule has 4 heteroatoms. The van der Waals surface area contributed by atoms with Crippen molar-refractivity contribution in [3.63, 3.8) is 0 Å². The molecule has 0 unspecified atom stereocenters. The highest BCUT2D eigenvalue weighted by molar-refractivity contribution is 14.1. The SMILES string of the molecule is Cc1cc(C)c(-c2nc(C)c(I)c(=O)[nH]2)cc1C. The first-order chi connectivity index (χ1) is 8.40.